The van der Waals surface area contributed by atoms with Crippen LogP contribution in [0.2, 0.25) is 5.02 Å². The molecule has 7 nitrogen and oxygen atoms in total. The summed E-state index contributed by atoms with van der Waals surface area (Å²) < 4.78 is 28.0. The Morgan fingerprint density at radius 3 is 2.50 bits per heavy atom. The quantitative estimate of drug-likeness (QED) is 0.674. The molecule has 160 valence electrons. The van der Waals surface area contributed by atoms with Gasteiger partial charge >= 0.3 is 5.97 Å². The minimum Gasteiger partial charge on any atom is -0.481 e. The minimum atomic E-state index is -3.64. The third kappa shape index (κ3) is 5.38. The first kappa shape index (κ1) is 22.3. The number of carbonyl (C=O) groups excluding carboxylic acids is 1. The summed E-state index contributed by atoms with van der Waals surface area (Å²) in [5.74, 6) is -1.18. The number of hydrogen-bond acceptors (Lipinski definition) is 4. The van der Waals surface area contributed by atoms with Crippen LogP contribution in [-0.4, -0.2) is 38.0 Å². The van der Waals surface area contributed by atoms with Gasteiger partial charge in [0, 0.05) is 30.2 Å². The first-order chi connectivity index (χ1) is 14.2. The number of amides is 1. The molecule has 1 amide bonds. The van der Waals surface area contributed by atoms with Gasteiger partial charge in [0.05, 0.1) is 11.3 Å². The number of halogens is 1. The molecule has 0 radical (unpaired) electrons. The van der Waals surface area contributed by atoms with Crippen molar-refractivity contribution >= 4 is 39.2 Å². The average Bonchev–Trinajstić information content (AvgIpc) is 2.67. The number of fused-ring (bicyclic) bond motifs is 1. The lowest BCUT2D eigenvalue weighted by Gasteiger charge is -2.28. The van der Waals surface area contributed by atoms with Crippen molar-refractivity contribution in [3.63, 3.8) is 0 Å². The van der Waals surface area contributed by atoms with Crippen LogP contribution in [-0.2, 0) is 32.5 Å². The fourth-order valence-corrected chi connectivity index (χ4v) is 4.98. The summed E-state index contributed by atoms with van der Waals surface area (Å²) in [5, 5.41) is 9.37. The predicted octanol–water partition coefficient (Wildman–Crippen LogP) is 3.00. The molecule has 9 heteroatoms. The van der Waals surface area contributed by atoms with Gasteiger partial charge in [-0.15, -0.1) is 0 Å². The molecule has 30 heavy (non-hydrogen) atoms. The van der Waals surface area contributed by atoms with E-state index in [4.69, 9.17) is 16.7 Å². The third-order valence-corrected chi connectivity index (χ3v) is 6.89. The Balaban J connectivity index is 1.73. The van der Waals surface area contributed by atoms with E-state index >= 15 is 0 Å². The van der Waals surface area contributed by atoms with E-state index < -0.39 is 16.0 Å². The maximum atomic E-state index is 12.6. The van der Waals surface area contributed by atoms with Crippen LogP contribution in [0.15, 0.2) is 47.4 Å². The number of aryl methyl sites for hydroxylation is 1. The van der Waals surface area contributed by atoms with Crippen molar-refractivity contribution in [2.75, 3.05) is 11.4 Å². The smallest absolute Gasteiger partial charge is 0.305 e. The standard InChI is InChI=1S/C21H23ClN2O5S/c1-14(25)24(11-10-21(26)27)19-7-3-15-12-18(6-2-16(15)13-19)23-30(28,29)20-8-4-17(22)5-9-20/h3-5,7-9,13,18,23H,2,6,10-12H2,1H3,(H,26,27). The third-order valence-electron chi connectivity index (χ3n) is 5.11. The van der Waals surface area contributed by atoms with E-state index in [0.717, 1.165) is 11.1 Å². The second kappa shape index (κ2) is 9.16. The molecule has 1 aliphatic rings. The van der Waals surface area contributed by atoms with E-state index in [0.29, 0.717) is 30.0 Å². The number of nitrogens with one attached hydrogen (secondary N) is 1. The summed E-state index contributed by atoms with van der Waals surface area (Å²) in [6.07, 6.45) is 1.68. The molecule has 0 saturated heterocycles. The topological polar surface area (TPSA) is 104 Å². The molecular weight excluding hydrogens is 428 g/mol. The lowest BCUT2D eigenvalue weighted by atomic mass is 9.88. The maximum absolute atomic E-state index is 12.6. The SMILES string of the molecule is CC(=O)N(CCC(=O)O)c1ccc2c(c1)CCC(NS(=O)(=O)c1ccc(Cl)cc1)C2. The predicted molar refractivity (Wildman–Crippen MR) is 114 cm³/mol. The highest BCUT2D eigenvalue weighted by atomic mass is 35.5. The lowest BCUT2D eigenvalue weighted by molar-refractivity contribution is -0.136. The summed E-state index contributed by atoms with van der Waals surface area (Å²) in [6.45, 7) is 1.51. The van der Waals surface area contributed by atoms with Crippen LogP contribution in [0.5, 0.6) is 0 Å². The number of aliphatic carboxylic acids is 1. The Bertz CT molecular complexity index is 1050. The van der Waals surface area contributed by atoms with Crippen LogP contribution in [0.4, 0.5) is 5.69 Å². The van der Waals surface area contributed by atoms with Crippen molar-refractivity contribution in [3.8, 4) is 0 Å². The molecule has 3 rings (SSSR count). The first-order valence-electron chi connectivity index (χ1n) is 9.55. The highest BCUT2D eigenvalue weighted by molar-refractivity contribution is 7.89. The molecule has 2 aromatic rings. The van der Waals surface area contributed by atoms with E-state index in [1.54, 1.807) is 18.2 Å². The molecule has 1 atom stereocenters. The van der Waals surface area contributed by atoms with Crippen molar-refractivity contribution in [2.45, 2.75) is 43.5 Å². The molecule has 0 aromatic heterocycles. The van der Waals surface area contributed by atoms with Gasteiger partial charge in [0.15, 0.2) is 0 Å². The number of benzene rings is 2. The van der Waals surface area contributed by atoms with E-state index in [1.165, 1.54) is 24.0 Å². The van der Waals surface area contributed by atoms with Crippen molar-refractivity contribution in [1.82, 2.24) is 4.72 Å². The zero-order valence-electron chi connectivity index (χ0n) is 16.5. The Kier molecular flexibility index (Phi) is 6.80. The molecule has 1 aliphatic carbocycles. The van der Waals surface area contributed by atoms with Crippen LogP contribution in [0, 0.1) is 0 Å². The summed E-state index contributed by atoms with van der Waals surface area (Å²) in [6, 6.07) is 11.3. The normalized spacial score (nSPS) is 16.0. The van der Waals surface area contributed by atoms with Crippen LogP contribution >= 0.6 is 11.6 Å². The molecule has 1 unspecified atom stereocenters. The molecular formula is C21H23ClN2O5S. The molecule has 0 saturated carbocycles. The largest absolute Gasteiger partial charge is 0.481 e. The van der Waals surface area contributed by atoms with Crippen molar-refractivity contribution in [2.24, 2.45) is 0 Å². The zero-order valence-corrected chi connectivity index (χ0v) is 18.0. The second-order valence-electron chi connectivity index (χ2n) is 7.28. The van der Waals surface area contributed by atoms with Gasteiger partial charge in [-0.2, -0.15) is 0 Å². The Labute approximate surface area is 180 Å². The molecule has 0 bridgehead atoms. The van der Waals surface area contributed by atoms with Crippen LogP contribution in [0.25, 0.3) is 0 Å². The van der Waals surface area contributed by atoms with Gasteiger partial charge in [-0.3, -0.25) is 9.59 Å². The number of carbonyl (C=O) groups is 2. The van der Waals surface area contributed by atoms with Gasteiger partial charge in [0.2, 0.25) is 15.9 Å². The van der Waals surface area contributed by atoms with Crippen molar-refractivity contribution in [3.05, 3.63) is 58.6 Å². The van der Waals surface area contributed by atoms with Crippen LogP contribution < -0.4 is 9.62 Å². The molecule has 0 fully saturated rings. The number of nitrogens with zero attached hydrogens (tertiary/aromatic N) is 1. The summed E-state index contributed by atoms with van der Waals surface area (Å²) >= 11 is 5.83. The van der Waals surface area contributed by atoms with Gasteiger partial charge in [-0.1, -0.05) is 17.7 Å². The Morgan fingerprint density at radius 2 is 1.87 bits per heavy atom. The van der Waals surface area contributed by atoms with Gasteiger partial charge in [0.25, 0.3) is 0 Å². The fraction of sp³-hybridized carbons (Fsp3) is 0.333. The number of carboxylic acids is 1. The molecule has 0 heterocycles. The van der Waals surface area contributed by atoms with Crippen molar-refractivity contribution in [1.29, 1.82) is 0 Å². The van der Waals surface area contributed by atoms with E-state index in [-0.39, 0.29) is 29.8 Å². The molecule has 2 N–H and O–H groups in total. The summed E-state index contributed by atoms with van der Waals surface area (Å²) in [4.78, 5) is 24.4. The van der Waals surface area contributed by atoms with Crippen molar-refractivity contribution < 1.29 is 23.1 Å². The summed E-state index contributed by atoms with van der Waals surface area (Å²) in [7, 11) is -3.64. The number of carboxylic acid groups (broad SMARTS) is 1. The maximum Gasteiger partial charge on any atom is 0.305 e. The highest BCUT2D eigenvalue weighted by Crippen LogP contribution is 2.27. The van der Waals surface area contributed by atoms with Gasteiger partial charge in [-0.05, 0) is 66.8 Å². The fourth-order valence-electron chi connectivity index (χ4n) is 3.59. The second-order valence-corrected chi connectivity index (χ2v) is 9.43. The first-order valence-corrected chi connectivity index (χ1v) is 11.4. The van der Waals surface area contributed by atoms with Crippen LogP contribution in [0.1, 0.15) is 30.9 Å². The zero-order chi connectivity index (χ0) is 21.9. The van der Waals surface area contributed by atoms with Gasteiger partial charge < -0.3 is 10.0 Å². The Hall–Kier alpha value is -2.42. The molecule has 2 aromatic carbocycles. The monoisotopic (exact) mass is 450 g/mol. The van der Waals surface area contributed by atoms with Gasteiger partial charge in [-0.25, -0.2) is 13.1 Å². The summed E-state index contributed by atoms with van der Waals surface area (Å²) in [5.41, 5.74) is 2.70. The number of rotatable bonds is 7. The number of hydrogen-bond donors (Lipinski definition) is 2. The number of sulfonamides is 1. The Morgan fingerprint density at radius 1 is 1.17 bits per heavy atom. The highest BCUT2D eigenvalue weighted by Gasteiger charge is 2.25. The van der Waals surface area contributed by atoms with Crippen LogP contribution in [0.3, 0.4) is 0 Å². The average molecular weight is 451 g/mol. The number of anilines is 1. The minimum absolute atomic E-state index is 0.104. The van der Waals surface area contributed by atoms with E-state index in [1.807, 2.05) is 12.1 Å². The molecule has 0 aliphatic heterocycles. The lowest BCUT2D eigenvalue weighted by Crippen LogP contribution is -2.39. The van der Waals surface area contributed by atoms with E-state index in [9.17, 15) is 18.0 Å². The molecule has 0 spiro atoms. The van der Waals surface area contributed by atoms with E-state index in [2.05, 4.69) is 4.72 Å². The van der Waals surface area contributed by atoms with Gasteiger partial charge in [0.1, 0.15) is 0 Å².